The molecule has 2 aliphatic heterocycles. The molecule has 59 heavy (non-hydrogen) atoms. The van der Waals surface area contributed by atoms with Gasteiger partial charge in [0.1, 0.15) is 35.9 Å². The summed E-state index contributed by atoms with van der Waals surface area (Å²) in [5.74, 6) is -1.44. The molecule has 0 amide bonds. The van der Waals surface area contributed by atoms with E-state index in [0.29, 0.717) is 31.1 Å². The molecule has 10 nitrogen and oxygen atoms in total. The molecule has 5 aromatic carbocycles. The van der Waals surface area contributed by atoms with Gasteiger partial charge in [-0.3, -0.25) is 0 Å². The molecule has 0 aliphatic carbocycles. The van der Waals surface area contributed by atoms with Crippen molar-refractivity contribution in [2.24, 2.45) is 0 Å². The van der Waals surface area contributed by atoms with Crippen LogP contribution in [0.3, 0.4) is 0 Å². The highest BCUT2D eigenvalue weighted by atomic mass is 16.6. The highest BCUT2D eigenvalue weighted by Crippen LogP contribution is 2.38. The number of hydrogen-bond donors (Lipinski definition) is 0. The Labute approximate surface area is 344 Å². The van der Waals surface area contributed by atoms with Crippen LogP contribution in [0.4, 0.5) is 0 Å². The number of epoxide rings is 2. The number of benzene rings is 5. The maximum absolute atomic E-state index is 13.2. The van der Waals surface area contributed by atoms with Gasteiger partial charge in [-0.2, -0.15) is 0 Å². The average Bonchev–Trinajstić information content (AvgIpc) is 4.19. The molecule has 2 fully saturated rings. The van der Waals surface area contributed by atoms with Crippen molar-refractivity contribution >= 4 is 23.9 Å². The van der Waals surface area contributed by atoms with Crippen molar-refractivity contribution in [3.63, 3.8) is 0 Å². The van der Waals surface area contributed by atoms with Crippen LogP contribution in [-0.2, 0) is 29.8 Å². The third-order valence-corrected chi connectivity index (χ3v) is 11.4. The van der Waals surface area contributed by atoms with Gasteiger partial charge in [0.05, 0.1) is 35.5 Å². The summed E-state index contributed by atoms with van der Waals surface area (Å²) in [6.45, 7) is 13.7. The number of carbonyl (C=O) groups is 4. The smallest absolute Gasteiger partial charge is 0.343 e. The second-order valence-electron chi connectivity index (χ2n) is 16.3. The van der Waals surface area contributed by atoms with E-state index in [-0.39, 0.29) is 41.1 Å². The summed E-state index contributed by atoms with van der Waals surface area (Å²) in [6.07, 6.45) is 0.438. The number of ether oxygens (including phenoxy) is 6. The minimum atomic E-state index is -0.726. The third kappa shape index (κ3) is 9.46. The molecule has 2 heterocycles. The van der Waals surface area contributed by atoms with E-state index in [2.05, 4.69) is 52.0 Å². The summed E-state index contributed by atoms with van der Waals surface area (Å²) < 4.78 is 32.9. The van der Waals surface area contributed by atoms with Crippen molar-refractivity contribution in [1.29, 1.82) is 0 Å². The molecule has 0 saturated carbocycles. The van der Waals surface area contributed by atoms with Gasteiger partial charge in [-0.1, -0.05) is 95.3 Å². The highest BCUT2D eigenvalue weighted by molar-refractivity contribution is 5.97. The standard InChI is InChI=1S/C49H48O10/c1-7-49(6,42-30-55-42)59-46(53)34-14-9-13-33(26-34)45(52)58-40-23-19-36(20-24-40)48(4,5)38-16-10-15-37(27-38)47(2,3)35-17-21-39(22-18-35)57-44(51)32-12-8-11-31(25-32)43(50)56-29-41-28-54-41/h8-27,41-42H,7,28-30H2,1-6H3. The fourth-order valence-corrected chi connectivity index (χ4v) is 6.84. The van der Waals surface area contributed by atoms with Crippen LogP contribution in [0.2, 0.25) is 0 Å². The molecule has 0 spiro atoms. The van der Waals surface area contributed by atoms with E-state index in [1.807, 2.05) is 38.1 Å². The SMILES string of the molecule is CCC(C)(OC(=O)c1cccc(C(=O)Oc2ccc(C(C)(C)c3cccc(C(C)(C)c4ccc(OC(=O)c5cccc(C(=O)OCC6CO6)c5)cc4)c3)cc2)c1)C1CO1. The number of hydrogen-bond acceptors (Lipinski definition) is 10. The predicted molar refractivity (Wildman–Crippen MR) is 220 cm³/mol. The van der Waals surface area contributed by atoms with Crippen LogP contribution in [0.5, 0.6) is 11.5 Å². The third-order valence-electron chi connectivity index (χ3n) is 11.4. The Morgan fingerprint density at radius 1 is 0.542 bits per heavy atom. The van der Waals surface area contributed by atoms with Crippen molar-refractivity contribution in [3.8, 4) is 11.5 Å². The van der Waals surface area contributed by atoms with Crippen molar-refractivity contribution in [2.75, 3.05) is 19.8 Å². The molecule has 10 heteroatoms. The number of rotatable bonds is 15. The molecule has 0 radical (unpaired) electrons. The van der Waals surface area contributed by atoms with Crippen LogP contribution >= 0.6 is 0 Å². The average molecular weight is 797 g/mol. The van der Waals surface area contributed by atoms with Gasteiger partial charge >= 0.3 is 23.9 Å². The largest absolute Gasteiger partial charge is 0.459 e. The first-order valence-corrected chi connectivity index (χ1v) is 19.8. The summed E-state index contributed by atoms with van der Waals surface area (Å²) in [5.41, 5.74) is 3.72. The first-order chi connectivity index (χ1) is 28.2. The Morgan fingerprint density at radius 3 is 1.39 bits per heavy atom. The van der Waals surface area contributed by atoms with Crippen LogP contribution in [0.15, 0.2) is 121 Å². The summed E-state index contributed by atoms with van der Waals surface area (Å²) in [5, 5.41) is 0. The van der Waals surface area contributed by atoms with Gasteiger partial charge in [0.2, 0.25) is 0 Å². The monoisotopic (exact) mass is 796 g/mol. The van der Waals surface area contributed by atoms with Crippen LogP contribution in [-0.4, -0.2) is 61.5 Å². The molecule has 5 aromatic rings. The number of esters is 4. The van der Waals surface area contributed by atoms with Gasteiger partial charge in [-0.25, -0.2) is 19.2 Å². The normalized spacial score (nSPS) is 16.9. The molecule has 2 aliphatic rings. The Kier molecular flexibility index (Phi) is 11.6. The molecule has 0 aromatic heterocycles. The van der Waals surface area contributed by atoms with Crippen molar-refractivity contribution < 1.29 is 47.6 Å². The lowest BCUT2D eigenvalue weighted by Crippen LogP contribution is -2.37. The van der Waals surface area contributed by atoms with Crippen LogP contribution < -0.4 is 9.47 Å². The maximum atomic E-state index is 13.2. The molecule has 3 atom stereocenters. The summed E-state index contributed by atoms with van der Waals surface area (Å²) in [7, 11) is 0. The topological polar surface area (TPSA) is 130 Å². The van der Waals surface area contributed by atoms with Gasteiger partial charge < -0.3 is 28.4 Å². The minimum absolute atomic E-state index is 0.0496. The summed E-state index contributed by atoms with van der Waals surface area (Å²) in [6, 6.07) is 35.9. The van der Waals surface area contributed by atoms with Crippen molar-refractivity contribution in [3.05, 3.63) is 166 Å². The second kappa shape index (κ2) is 16.6. The zero-order chi connectivity index (χ0) is 42.0. The molecule has 304 valence electrons. The van der Waals surface area contributed by atoms with Gasteiger partial charge in [0, 0.05) is 10.8 Å². The molecule has 2 saturated heterocycles. The van der Waals surface area contributed by atoms with Crippen molar-refractivity contribution in [2.45, 2.75) is 76.6 Å². The van der Waals surface area contributed by atoms with Gasteiger partial charge in [0.15, 0.2) is 0 Å². The highest BCUT2D eigenvalue weighted by Gasteiger charge is 2.45. The molecular weight excluding hydrogens is 749 g/mol. The van der Waals surface area contributed by atoms with E-state index in [4.69, 9.17) is 28.4 Å². The van der Waals surface area contributed by atoms with Gasteiger partial charge in [-0.15, -0.1) is 0 Å². The number of carbonyl (C=O) groups excluding carboxylic acids is 4. The molecule has 3 unspecified atom stereocenters. The van der Waals surface area contributed by atoms with E-state index < -0.39 is 40.3 Å². The lowest BCUT2D eigenvalue weighted by Gasteiger charge is -2.31. The van der Waals surface area contributed by atoms with E-state index >= 15 is 0 Å². The quantitative estimate of drug-likeness (QED) is 0.0575. The Bertz CT molecular complexity index is 2350. The zero-order valence-electron chi connectivity index (χ0n) is 34.1. The Hall–Kier alpha value is -6.10. The van der Waals surface area contributed by atoms with E-state index in [0.717, 1.165) is 22.3 Å². The zero-order valence-corrected chi connectivity index (χ0v) is 34.1. The first kappa shape index (κ1) is 41.1. The lowest BCUT2D eigenvalue weighted by molar-refractivity contribution is -0.0247. The van der Waals surface area contributed by atoms with E-state index in [9.17, 15) is 19.2 Å². The van der Waals surface area contributed by atoms with Gasteiger partial charge in [0.25, 0.3) is 0 Å². The minimum Gasteiger partial charge on any atom is -0.459 e. The fraction of sp³-hybridized carbons (Fsp3) is 0.306. The molecule has 0 N–H and O–H groups in total. The molecule has 0 bridgehead atoms. The van der Waals surface area contributed by atoms with Crippen LogP contribution in [0, 0.1) is 0 Å². The van der Waals surface area contributed by atoms with Crippen LogP contribution in [0.1, 0.15) is 112 Å². The second-order valence-corrected chi connectivity index (χ2v) is 16.3. The predicted octanol–water partition coefficient (Wildman–Crippen LogP) is 9.06. The van der Waals surface area contributed by atoms with Crippen LogP contribution in [0.25, 0.3) is 0 Å². The Balaban J connectivity index is 0.982. The van der Waals surface area contributed by atoms with Gasteiger partial charge in [-0.05, 0) is 96.3 Å². The van der Waals surface area contributed by atoms with E-state index in [1.165, 1.54) is 12.1 Å². The van der Waals surface area contributed by atoms with Crippen molar-refractivity contribution in [1.82, 2.24) is 0 Å². The Morgan fingerprint density at radius 2 is 0.966 bits per heavy atom. The molecule has 7 rings (SSSR count). The molecular formula is C49H48O10. The van der Waals surface area contributed by atoms with E-state index in [1.54, 1.807) is 60.7 Å². The summed E-state index contributed by atoms with van der Waals surface area (Å²) in [4.78, 5) is 51.5. The maximum Gasteiger partial charge on any atom is 0.343 e. The lowest BCUT2D eigenvalue weighted by atomic mass is 9.73. The first-order valence-electron chi connectivity index (χ1n) is 19.8. The summed E-state index contributed by atoms with van der Waals surface area (Å²) >= 11 is 0. The fourth-order valence-electron chi connectivity index (χ4n) is 6.84.